The average molecular weight is 183 g/mol. The van der Waals surface area contributed by atoms with Crippen molar-refractivity contribution >= 4 is 0 Å². The summed E-state index contributed by atoms with van der Waals surface area (Å²) >= 11 is 0. The van der Waals surface area contributed by atoms with Crippen LogP contribution in [0.15, 0.2) is 0 Å². The fourth-order valence-electron chi connectivity index (χ4n) is 3.20. The van der Waals surface area contributed by atoms with Gasteiger partial charge in [-0.15, -0.1) is 0 Å². The van der Waals surface area contributed by atoms with Crippen molar-refractivity contribution < 1.29 is 4.74 Å². The highest BCUT2D eigenvalue weighted by atomic mass is 16.5. The van der Waals surface area contributed by atoms with Crippen LogP contribution < -0.4 is 0 Å². The molecule has 2 nitrogen and oxygen atoms in total. The predicted molar refractivity (Wildman–Crippen MR) is 53.8 cm³/mol. The molecule has 2 saturated heterocycles. The van der Waals surface area contributed by atoms with Gasteiger partial charge in [0.25, 0.3) is 0 Å². The molecule has 2 aliphatic heterocycles. The summed E-state index contributed by atoms with van der Waals surface area (Å²) in [5.74, 6) is 0. The number of rotatable bonds is 2. The van der Waals surface area contributed by atoms with E-state index < -0.39 is 0 Å². The largest absolute Gasteiger partial charge is 0.381 e. The molecule has 0 aliphatic carbocycles. The number of hydrogen-bond donors (Lipinski definition) is 0. The lowest BCUT2D eigenvalue weighted by molar-refractivity contribution is -0.00637. The molecule has 2 rings (SSSR count). The van der Waals surface area contributed by atoms with Crippen molar-refractivity contribution in [3.05, 3.63) is 0 Å². The van der Waals surface area contributed by atoms with E-state index in [1.165, 1.54) is 25.7 Å². The molecule has 0 N–H and O–H groups in total. The maximum Gasteiger partial charge on any atom is 0.0601 e. The SMILES string of the molecule is COC1CC2CCC(C1)N2C(C)C. The number of nitrogens with zero attached hydrogens (tertiary/aromatic N) is 1. The van der Waals surface area contributed by atoms with E-state index in [2.05, 4.69) is 18.7 Å². The van der Waals surface area contributed by atoms with Crippen molar-refractivity contribution in [3.8, 4) is 0 Å². The van der Waals surface area contributed by atoms with E-state index in [1.807, 2.05) is 7.11 Å². The topological polar surface area (TPSA) is 12.5 Å². The number of fused-ring (bicyclic) bond motifs is 2. The minimum Gasteiger partial charge on any atom is -0.381 e. The van der Waals surface area contributed by atoms with Gasteiger partial charge in [-0.05, 0) is 39.5 Å². The first-order valence-electron chi connectivity index (χ1n) is 5.52. The lowest BCUT2D eigenvalue weighted by Gasteiger charge is -2.40. The fraction of sp³-hybridized carbons (Fsp3) is 1.00. The van der Waals surface area contributed by atoms with Gasteiger partial charge in [-0.1, -0.05) is 0 Å². The zero-order chi connectivity index (χ0) is 9.42. The molecule has 0 radical (unpaired) electrons. The van der Waals surface area contributed by atoms with Crippen LogP contribution in [0.3, 0.4) is 0 Å². The van der Waals surface area contributed by atoms with Gasteiger partial charge in [0, 0.05) is 25.2 Å². The maximum absolute atomic E-state index is 5.47. The molecule has 0 aromatic rings. The number of piperidine rings is 1. The average Bonchev–Trinajstić information content (AvgIpc) is 2.37. The third-order valence-corrected chi connectivity index (χ3v) is 3.68. The zero-order valence-electron chi connectivity index (χ0n) is 8.99. The Morgan fingerprint density at radius 3 is 2.08 bits per heavy atom. The Bertz CT molecular complexity index is 167. The molecule has 13 heavy (non-hydrogen) atoms. The molecule has 0 amide bonds. The van der Waals surface area contributed by atoms with E-state index in [4.69, 9.17) is 4.74 Å². The summed E-state index contributed by atoms with van der Waals surface area (Å²) in [6.45, 7) is 4.64. The summed E-state index contributed by atoms with van der Waals surface area (Å²) in [6, 6.07) is 2.34. The number of hydrogen-bond acceptors (Lipinski definition) is 2. The Balaban J connectivity index is 2.04. The Hall–Kier alpha value is -0.0800. The predicted octanol–water partition coefficient (Wildman–Crippen LogP) is 2.04. The third kappa shape index (κ3) is 1.62. The van der Waals surface area contributed by atoms with Gasteiger partial charge in [0.1, 0.15) is 0 Å². The van der Waals surface area contributed by atoms with E-state index in [0.717, 1.165) is 18.1 Å². The molecule has 2 heterocycles. The molecular formula is C11H21NO. The highest BCUT2D eigenvalue weighted by Gasteiger charge is 2.41. The molecule has 0 spiro atoms. The summed E-state index contributed by atoms with van der Waals surface area (Å²) < 4.78 is 5.47. The van der Waals surface area contributed by atoms with Gasteiger partial charge in [-0.25, -0.2) is 0 Å². The molecular weight excluding hydrogens is 162 g/mol. The van der Waals surface area contributed by atoms with E-state index in [9.17, 15) is 0 Å². The molecule has 2 aliphatic rings. The fourth-order valence-corrected chi connectivity index (χ4v) is 3.20. The minimum atomic E-state index is 0.535. The standard InChI is InChI=1S/C11H21NO/c1-8(2)12-9-4-5-10(12)7-11(6-9)13-3/h8-11H,4-7H2,1-3H3. The second kappa shape index (κ2) is 3.58. The van der Waals surface area contributed by atoms with Crippen molar-refractivity contribution in [1.82, 2.24) is 4.90 Å². The van der Waals surface area contributed by atoms with Crippen LogP contribution >= 0.6 is 0 Å². The molecule has 76 valence electrons. The van der Waals surface area contributed by atoms with Crippen LogP contribution in [-0.4, -0.2) is 36.2 Å². The molecule has 2 heteroatoms. The van der Waals surface area contributed by atoms with Gasteiger partial charge in [0.2, 0.25) is 0 Å². The van der Waals surface area contributed by atoms with Crippen LogP contribution in [0.1, 0.15) is 39.5 Å². The second-order valence-electron chi connectivity index (χ2n) is 4.76. The molecule has 2 unspecified atom stereocenters. The van der Waals surface area contributed by atoms with Gasteiger partial charge in [0.05, 0.1) is 6.10 Å². The summed E-state index contributed by atoms with van der Waals surface area (Å²) in [6.07, 6.45) is 5.83. The minimum absolute atomic E-state index is 0.535. The second-order valence-corrected chi connectivity index (χ2v) is 4.76. The van der Waals surface area contributed by atoms with Gasteiger partial charge in [0.15, 0.2) is 0 Å². The van der Waals surface area contributed by atoms with Gasteiger partial charge in [-0.3, -0.25) is 4.90 Å². The molecule has 2 bridgehead atoms. The number of ether oxygens (including phenoxy) is 1. The summed E-state index contributed by atoms with van der Waals surface area (Å²) in [5.41, 5.74) is 0. The Morgan fingerprint density at radius 2 is 1.69 bits per heavy atom. The van der Waals surface area contributed by atoms with Crippen LogP contribution in [-0.2, 0) is 4.74 Å². The first-order chi connectivity index (χ1) is 6.22. The molecule has 0 aromatic heterocycles. The molecule has 0 aromatic carbocycles. The molecule has 2 atom stereocenters. The van der Waals surface area contributed by atoms with Gasteiger partial charge in [-0.2, -0.15) is 0 Å². The lowest BCUT2D eigenvalue weighted by Crippen LogP contribution is -2.48. The van der Waals surface area contributed by atoms with Gasteiger partial charge >= 0.3 is 0 Å². The highest BCUT2D eigenvalue weighted by Crippen LogP contribution is 2.37. The monoisotopic (exact) mass is 183 g/mol. The van der Waals surface area contributed by atoms with Crippen molar-refractivity contribution in [2.45, 2.75) is 63.8 Å². The molecule has 0 saturated carbocycles. The third-order valence-electron chi connectivity index (χ3n) is 3.68. The lowest BCUT2D eigenvalue weighted by atomic mass is 9.98. The Kier molecular flexibility index (Phi) is 2.61. The number of methoxy groups -OCH3 is 1. The summed E-state index contributed by atoms with van der Waals surface area (Å²) in [4.78, 5) is 2.70. The Morgan fingerprint density at radius 1 is 1.15 bits per heavy atom. The van der Waals surface area contributed by atoms with Crippen LogP contribution in [0.2, 0.25) is 0 Å². The Labute approximate surface area is 81.3 Å². The highest BCUT2D eigenvalue weighted by molar-refractivity contribution is 4.96. The first kappa shape index (κ1) is 9.47. The van der Waals surface area contributed by atoms with E-state index >= 15 is 0 Å². The van der Waals surface area contributed by atoms with E-state index in [1.54, 1.807) is 0 Å². The zero-order valence-corrected chi connectivity index (χ0v) is 8.99. The van der Waals surface area contributed by atoms with Crippen molar-refractivity contribution in [2.24, 2.45) is 0 Å². The first-order valence-corrected chi connectivity index (χ1v) is 5.52. The van der Waals surface area contributed by atoms with E-state index in [-0.39, 0.29) is 0 Å². The van der Waals surface area contributed by atoms with Crippen LogP contribution in [0.4, 0.5) is 0 Å². The van der Waals surface area contributed by atoms with Crippen molar-refractivity contribution in [1.29, 1.82) is 0 Å². The van der Waals surface area contributed by atoms with Crippen LogP contribution in [0, 0.1) is 0 Å². The van der Waals surface area contributed by atoms with Crippen molar-refractivity contribution in [3.63, 3.8) is 0 Å². The van der Waals surface area contributed by atoms with Crippen LogP contribution in [0.25, 0.3) is 0 Å². The summed E-state index contributed by atoms with van der Waals surface area (Å²) in [7, 11) is 1.86. The van der Waals surface area contributed by atoms with Crippen molar-refractivity contribution in [2.75, 3.05) is 7.11 Å². The van der Waals surface area contributed by atoms with Gasteiger partial charge < -0.3 is 4.74 Å². The smallest absolute Gasteiger partial charge is 0.0601 e. The summed E-state index contributed by atoms with van der Waals surface area (Å²) in [5, 5.41) is 0. The normalized spacial score (nSPS) is 40.2. The maximum atomic E-state index is 5.47. The molecule has 2 fully saturated rings. The van der Waals surface area contributed by atoms with Crippen LogP contribution in [0.5, 0.6) is 0 Å². The quantitative estimate of drug-likeness (QED) is 0.649. The van der Waals surface area contributed by atoms with E-state index in [0.29, 0.717) is 6.10 Å².